The van der Waals surface area contributed by atoms with Crippen molar-refractivity contribution in [1.82, 2.24) is 14.9 Å². The number of hydrogen-bond acceptors (Lipinski definition) is 4. The summed E-state index contributed by atoms with van der Waals surface area (Å²) >= 11 is 6.31. The monoisotopic (exact) mass is 357 g/mol. The highest BCUT2D eigenvalue weighted by atomic mass is 35.5. The van der Waals surface area contributed by atoms with Crippen LogP contribution in [-0.4, -0.2) is 29.8 Å². The summed E-state index contributed by atoms with van der Waals surface area (Å²) in [6.07, 6.45) is 0.630. The highest BCUT2D eigenvalue weighted by Gasteiger charge is 2.16. The van der Waals surface area contributed by atoms with Crippen LogP contribution in [0, 0.1) is 0 Å². The van der Waals surface area contributed by atoms with E-state index in [0.29, 0.717) is 41.6 Å². The fourth-order valence-electron chi connectivity index (χ4n) is 2.82. The molecule has 0 aliphatic heterocycles. The number of halogens is 1. The maximum atomic E-state index is 12.7. The first-order valence-corrected chi connectivity index (χ1v) is 8.61. The second kappa shape index (κ2) is 7.68. The van der Waals surface area contributed by atoms with Crippen molar-refractivity contribution in [3.63, 3.8) is 0 Å². The molecule has 0 aliphatic rings. The van der Waals surface area contributed by atoms with Crippen molar-refractivity contribution in [2.24, 2.45) is 0 Å². The van der Waals surface area contributed by atoms with Crippen LogP contribution >= 0.6 is 11.6 Å². The van der Waals surface area contributed by atoms with Gasteiger partial charge in [-0.2, -0.15) is 4.98 Å². The Hall–Kier alpha value is -2.37. The number of ether oxygens (including phenoxy) is 1. The molecule has 0 radical (unpaired) electrons. The van der Waals surface area contributed by atoms with Gasteiger partial charge in [0.1, 0.15) is 12.4 Å². The molecule has 0 saturated carbocycles. The van der Waals surface area contributed by atoms with E-state index >= 15 is 0 Å². The average molecular weight is 358 g/mol. The standard InChI is InChI=1S/C19H20ClN3O2/c1-3-15-18-16(11-13(20)12-17(18)25-10-9-21-2)23(19(24)22-15)14-7-5-4-6-8-14/h4-8,11-12,21H,3,9-10H2,1-2H3. The first-order chi connectivity index (χ1) is 12.2. The van der Waals surface area contributed by atoms with E-state index in [4.69, 9.17) is 16.3 Å². The summed E-state index contributed by atoms with van der Waals surface area (Å²) < 4.78 is 7.49. The number of aromatic nitrogens is 2. The summed E-state index contributed by atoms with van der Waals surface area (Å²) in [7, 11) is 1.87. The molecule has 3 rings (SSSR count). The van der Waals surface area contributed by atoms with Gasteiger partial charge < -0.3 is 10.1 Å². The Balaban J connectivity index is 2.31. The largest absolute Gasteiger partial charge is 0.491 e. The van der Waals surface area contributed by atoms with Crippen molar-refractivity contribution >= 4 is 22.5 Å². The van der Waals surface area contributed by atoms with E-state index in [1.165, 1.54) is 0 Å². The van der Waals surface area contributed by atoms with E-state index in [-0.39, 0.29) is 5.69 Å². The Kier molecular flexibility index (Phi) is 5.36. The second-order valence-electron chi connectivity index (χ2n) is 5.62. The van der Waals surface area contributed by atoms with Crippen LogP contribution in [0.3, 0.4) is 0 Å². The van der Waals surface area contributed by atoms with Gasteiger partial charge in [0.15, 0.2) is 0 Å². The van der Waals surface area contributed by atoms with E-state index in [1.54, 1.807) is 16.7 Å². The number of nitrogens with zero attached hydrogens (tertiary/aromatic N) is 2. The summed E-state index contributed by atoms with van der Waals surface area (Å²) in [5.41, 5.74) is 1.84. The SMILES string of the molecule is CCc1nc(=O)n(-c2ccccc2)c2cc(Cl)cc(OCCNC)c12. The molecular formula is C19H20ClN3O2. The molecule has 3 aromatic rings. The lowest BCUT2D eigenvalue weighted by Crippen LogP contribution is -2.24. The van der Waals surface area contributed by atoms with Crippen LogP contribution in [0.1, 0.15) is 12.6 Å². The molecule has 130 valence electrons. The van der Waals surface area contributed by atoms with Crippen LogP contribution in [0.25, 0.3) is 16.6 Å². The first kappa shape index (κ1) is 17.5. The molecule has 1 heterocycles. The molecule has 0 fully saturated rings. The summed E-state index contributed by atoms with van der Waals surface area (Å²) in [4.78, 5) is 16.9. The number of benzene rings is 2. The van der Waals surface area contributed by atoms with Gasteiger partial charge in [0.05, 0.1) is 22.3 Å². The van der Waals surface area contributed by atoms with Gasteiger partial charge in [0, 0.05) is 11.6 Å². The maximum absolute atomic E-state index is 12.7. The molecule has 0 saturated heterocycles. The van der Waals surface area contributed by atoms with Crippen LogP contribution in [0.2, 0.25) is 5.02 Å². The lowest BCUT2D eigenvalue weighted by molar-refractivity contribution is 0.322. The van der Waals surface area contributed by atoms with Gasteiger partial charge in [-0.05, 0) is 37.7 Å². The molecule has 0 spiro atoms. The Bertz CT molecular complexity index is 939. The Morgan fingerprint density at radius 1 is 1.24 bits per heavy atom. The number of para-hydroxylation sites is 1. The summed E-state index contributed by atoms with van der Waals surface area (Å²) in [5, 5.41) is 4.39. The highest BCUT2D eigenvalue weighted by Crippen LogP contribution is 2.32. The molecule has 6 heteroatoms. The molecule has 0 aliphatic carbocycles. The van der Waals surface area contributed by atoms with Crippen LogP contribution in [0.15, 0.2) is 47.3 Å². The average Bonchev–Trinajstić information content (AvgIpc) is 2.61. The van der Waals surface area contributed by atoms with Crippen LogP contribution in [0.5, 0.6) is 5.75 Å². The normalized spacial score (nSPS) is 11.0. The van der Waals surface area contributed by atoms with Gasteiger partial charge in [-0.3, -0.25) is 4.57 Å². The third-order valence-corrected chi connectivity index (χ3v) is 4.17. The van der Waals surface area contributed by atoms with Crippen molar-refractivity contribution in [2.45, 2.75) is 13.3 Å². The zero-order valence-electron chi connectivity index (χ0n) is 14.3. The predicted octanol–water partition coefficient (Wildman–Crippen LogP) is 3.20. The summed E-state index contributed by atoms with van der Waals surface area (Å²) in [5.74, 6) is 0.645. The van der Waals surface area contributed by atoms with Gasteiger partial charge in [-0.25, -0.2) is 4.79 Å². The minimum absolute atomic E-state index is 0.320. The van der Waals surface area contributed by atoms with Gasteiger partial charge >= 0.3 is 5.69 Å². The number of rotatable bonds is 6. The molecule has 0 amide bonds. The summed E-state index contributed by atoms with van der Waals surface area (Å²) in [6, 6.07) is 13.0. The Morgan fingerprint density at radius 2 is 2.00 bits per heavy atom. The Labute approximate surface area is 151 Å². The van der Waals surface area contributed by atoms with E-state index in [1.807, 2.05) is 44.3 Å². The molecule has 0 bridgehead atoms. The molecule has 0 atom stereocenters. The van der Waals surface area contributed by atoms with Crippen LogP contribution in [0.4, 0.5) is 0 Å². The lowest BCUT2D eigenvalue weighted by atomic mass is 10.1. The molecule has 5 nitrogen and oxygen atoms in total. The van der Waals surface area contributed by atoms with Crippen LogP contribution < -0.4 is 15.7 Å². The van der Waals surface area contributed by atoms with Gasteiger partial charge in [0.25, 0.3) is 0 Å². The topological polar surface area (TPSA) is 56.2 Å². The highest BCUT2D eigenvalue weighted by molar-refractivity contribution is 6.31. The number of aryl methyl sites for hydroxylation is 1. The number of hydrogen-bond donors (Lipinski definition) is 1. The molecular weight excluding hydrogens is 338 g/mol. The zero-order valence-corrected chi connectivity index (χ0v) is 15.0. The second-order valence-corrected chi connectivity index (χ2v) is 6.05. The number of fused-ring (bicyclic) bond motifs is 1. The minimum Gasteiger partial charge on any atom is -0.491 e. The first-order valence-electron chi connectivity index (χ1n) is 8.23. The maximum Gasteiger partial charge on any atom is 0.352 e. The van der Waals surface area contributed by atoms with Crippen molar-refractivity contribution in [3.8, 4) is 11.4 Å². The fraction of sp³-hybridized carbons (Fsp3) is 0.263. The molecule has 1 N–H and O–H groups in total. The quantitative estimate of drug-likeness (QED) is 0.688. The number of nitrogens with one attached hydrogen (secondary N) is 1. The van der Waals surface area contributed by atoms with Gasteiger partial charge in [-0.1, -0.05) is 36.7 Å². The van der Waals surface area contributed by atoms with E-state index in [9.17, 15) is 4.79 Å². The van der Waals surface area contributed by atoms with Crippen molar-refractivity contribution in [1.29, 1.82) is 0 Å². The van der Waals surface area contributed by atoms with Gasteiger partial charge in [-0.15, -0.1) is 0 Å². The zero-order chi connectivity index (χ0) is 17.8. The fourth-order valence-corrected chi connectivity index (χ4v) is 3.02. The third-order valence-electron chi connectivity index (χ3n) is 3.96. The van der Waals surface area contributed by atoms with Crippen molar-refractivity contribution in [2.75, 3.05) is 20.2 Å². The number of likely N-dealkylation sites (N-methyl/N-ethyl adjacent to an activating group) is 1. The third kappa shape index (κ3) is 3.52. The Morgan fingerprint density at radius 3 is 2.68 bits per heavy atom. The minimum atomic E-state index is -0.320. The molecule has 1 aromatic heterocycles. The van der Waals surface area contributed by atoms with Crippen molar-refractivity contribution in [3.05, 3.63) is 63.7 Å². The van der Waals surface area contributed by atoms with E-state index in [0.717, 1.165) is 11.1 Å². The van der Waals surface area contributed by atoms with Crippen LogP contribution in [-0.2, 0) is 6.42 Å². The lowest BCUT2D eigenvalue weighted by Gasteiger charge is -2.16. The van der Waals surface area contributed by atoms with Gasteiger partial charge in [0.2, 0.25) is 0 Å². The van der Waals surface area contributed by atoms with E-state index < -0.39 is 0 Å². The molecule has 2 aromatic carbocycles. The summed E-state index contributed by atoms with van der Waals surface area (Å²) in [6.45, 7) is 3.18. The predicted molar refractivity (Wildman–Crippen MR) is 101 cm³/mol. The van der Waals surface area contributed by atoms with E-state index in [2.05, 4.69) is 10.3 Å². The molecule has 0 unspecified atom stereocenters. The van der Waals surface area contributed by atoms with Crippen molar-refractivity contribution < 1.29 is 4.74 Å². The molecule has 25 heavy (non-hydrogen) atoms. The smallest absolute Gasteiger partial charge is 0.352 e.